The fraction of sp³-hybridized carbons (Fsp3) is 0.407. The van der Waals surface area contributed by atoms with Gasteiger partial charge in [-0.25, -0.2) is 4.79 Å². The number of carbonyl (C=O) groups excluding carboxylic acids is 1. The summed E-state index contributed by atoms with van der Waals surface area (Å²) in [6.45, 7) is 7.52. The molecule has 2 aromatic carbocycles. The first-order valence-electron chi connectivity index (χ1n) is 11.7. The van der Waals surface area contributed by atoms with Crippen LogP contribution in [0.4, 0.5) is 0 Å². The Balaban J connectivity index is 1.48. The van der Waals surface area contributed by atoms with Gasteiger partial charge in [0.15, 0.2) is 17.1 Å². The summed E-state index contributed by atoms with van der Waals surface area (Å²) in [7, 11) is 3.06. The molecule has 1 aliphatic rings. The van der Waals surface area contributed by atoms with E-state index >= 15 is 0 Å². The van der Waals surface area contributed by atoms with Crippen molar-refractivity contribution in [2.75, 3.05) is 27.3 Å². The smallest absolute Gasteiger partial charge is 0.420 e. The largest absolute Gasteiger partial charge is 0.493 e. The number of rotatable bonds is 5. The predicted octanol–water partition coefficient (Wildman–Crippen LogP) is 5.44. The topological polar surface area (TPSA) is 73.9 Å². The Bertz CT molecular complexity index is 1320. The van der Waals surface area contributed by atoms with Crippen molar-refractivity contribution in [1.29, 1.82) is 0 Å². The van der Waals surface area contributed by atoms with Crippen molar-refractivity contribution in [2.24, 2.45) is 0 Å². The molecule has 0 radical (unpaired) electrons. The lowest BCUT2D eigenvalue weighted by Crippen LogP contribution is -2.39. The number of likely N-dealkylation sites (tertiary alicyclic amines) is 1. The lowest BCUT2D eigenvalue weighted by molar-refractivity contribution is -0.127. The molecule has 0 saturated carbocycles. The molecule has 7 nitrogen and oxygen atoms in total. The Morgan fingerprint density at radius 3 is 2.46 bits per heavy atom. The van der Waals surface area contributed by atoms with E-state index in [1.165, 1.54) is 13.2 Å². The number of halogens is 1. The van der Waals surface area contributed by atoms with Crippen LogP contribution in [0.1, 0.15) is 50.8 Å². The molecule has 35 heavy (non-hydrogen) atoms. The van der Waals surface area contributed by atoms with Crippen LogP contribution >= 0.6 is 11.6 Å². The zero-order valence-electron chi connectivity index (χ0n) is 20.8. The monoisotopic (exact) mass is 498 g/mol. The van der Waals surface area contributed by atoms with Crippen LogP contribution in [0.25, 0.3) is 17.2 Å². The molecule has 1 saturated heterocycles. The van der Waals surface area contributed by atoms with Gasteiger partial charge < -0.3 is 18.8 Å². The average Bonchev–Trinajstić information content (AvgIpc) is 3.17. The van der Waals surface area contributed by atoms with Crippen molar-refractivity contribution in [1.82, 2.24) is 9.47 Å². The number of oxazole rings is 1. The molecule has 0 spiro atoms. The van der Waals surface area contributed by atoms with Crippen LogP contribution < -0.4 is 15.2 Å². The summed E-state index contributed by atoms with van der Waals surface area (Å²) in [6, 6.07) is 9.44. The van der Waals surface area contributed by atoms with Crippen molar-refractivity contribution in [3.8, 4) is 11.5 Å². The minimum atomic E-state index is -0.348. The van der Waals surface area contributed by atoms with E-state index in [1.54, 1.807) is 34.8 Å². The van der Waals surface area contributed by atoms with Crippen molar-refractivity contribution < 1.29 is 18.7 Å². The van der Waals surface area contributed by atoms with E-state index < -0.39 is 0 Å². The van der Waals surface area contributed by atoms with Crippen LogP contribution in [0.3, 0.4) is 0 Å². The molecule has 0 aliphatic carbocycles. The maximum atomic E-state index is 12.8. The number of hydrogen-bond donors (Lipinski definition) is 0. The molecular weight excluding hydrogens is 468 g/mol. The number of amides is 1. The average molecular weight is 499 g/mol. The van der Waals surface area contributed by atoms with E-state index in [4.69, 9.17) is 25.5 Å². The van der Waals surface area contributed by atoms with Gasteiger partial charge in [-0.1, -0.05) is 38.4 Å². The summed E-state index contributed by atoms with van der Waals surface area (Å²) in [4.78, 5) is 27.3. The molecule has 3 aromatic rings. The predicted molar refractivity (Wildman–Crippen MR) is 138 cm³/mol. The second kappa shape index (κ2) is 9.82. The van der Waals surface area contributed by atoms with Gasteiger partial charge in [-0.3, -0.25) is 9.36 Å². The molecule has 2 heterocycles. The van der Waals surface area contributed by atoms with Gasteiger partial charge >= 0.3 is 5.76 Å². The van der Waals surface area contributed by atoms with E-state index in [9.17, 15) is 9.59 Å². The number of hydrogen-bond acceptors (Lipinski definition) is 5. The summed E-state index contributed by atoms with van der Waals surface area (Å²) >= 11 is 6.42. The third-order valence-electron chi connectivity index (χ3n) is 6.54. The Labute approximate surface area is 209 Å². The minimum absolute atomic E-state index is 0.0210. The maximum Gasteiger partial charge on any atom is 0.420 e. The third-order valence-corrected chi connectivity index (χ3v) is 6.93. The van der Waals surface area contributed by atoms with E-state index in [-0.39, 0.29) is 23.1 Å². The number of ether oxygens (including phenoxy) is 2. The number of methoxy groups -OCH3 is 2. The highest BCUT2D eigenvalue weighted by atomic mass is 35.5. The molecule has 186 valence electrons. The van der Waals surface area contributed by atoms with E-state index in [0.717, 1.165) is 11.1 Å². The summed E-state index contributed by atoms with van der Waals surface area (Å²) in [5, 5.41) is 0.385. The lowest BCUT2D eigenvalue weighted by atomic mass is 9.87. The van der Waals surface area contributed by atoms with Crippen LogP contribution in [0.15, 0.2) is 45.6 Å². The normalized spacial score (nSPS) is 15.2. The maximum absolute atomic E-state index is 12.8. The quantitative estimate of drug-likeness (QED) is 0.438. The van der Waals surface area contributed by atoms with Crippen LogP contribution in [0.5, 0.6) is 11.5 Å². The molecule has 4 rings (SSSR count). The van der Waals surface area contributed by atoms with E-state index in [2.05, 4.69) is 20.8 Å². The Morgan fingerprint density at radius 1 is 1.11 bits per heavy atom. The highest BCUT2D eigenvalue weighted by Crippen LogP contribution is 2.38. The Morgan fingerprint density at radius 2 is 1.83 bits per heavy atom. The number of nitrogens with zero attached hydrogens (tertiary/aromatic N) is 2. The zero-order valence-corrected chi connectivity index (χ0v) is 21.5. The SMILES string of the molecule is COc1ccc(/C=C/C(=O)N2CCC(n3c(=O)oc4ccc(C(C)(C)C)cc43)CC2)c(Cl)c1OC. The van der Waals surface area contributed by atoms with Gasteiger partial charge in [-0.15, -0.1) is 0 Å². The molecule has 1 aromatic heterocycles. The zero-order chi connectivity index (χ0) is 25.3. The van der Waals surface area contributed by atoms with Crippen LogP contribution in [0, 0.1) is 0 Å². The first-order chi connectivity index (χ1) is 16.6. The standard InChI is InChI=1S/C27H31ClN2O5/c1-27(2,3)18-8-10-21-20(16-18)30(26(32)35-21)19-12-14-29(15-13-19)23(31)11-7-17-6-9-22(33-4)25(34-5)24(17)28/h6-11,16,19H,12-15H2,1-5H3/b11-7+. The third kappa shape index (κ3) is 4.96. The summed E-state index contributed by atoms with van der Waals surface area (Å²) in [6.07, 6.45) is 4.54. The fourth-order valence-corrected chi connectivity index (χ4v) is 4.79. The molecule has 1 fully saturated rings. The summed E-state index contributed by atoms with van der Waals surface area (Å²) in [5.74, 6) is 0.504. The van der Waals surface area contributed by atoms with E-state index in [1.807, 2.05) is 18.2 Å². The highest BCUT2D eigenvalue weighted by molar-refractivity contribution is 6.33. The van der Waals surface area contributed by atoms with Gasteiger partial charge in [0.05, 0.1) is 24.8 Å². The van der Waals surface area contributed by atoms with Crippen molar-refractivity contribution in [2.45, 2.75) is 45.1 Å². The van der Waals surface area contributed by atoms with Gasteiger partial charge in [0.25, 0.3) is 0 Å². The van der Waals surface area contributed by atoms with Gasteiger partial charge in [0, 0.05) is 25.2 Å². The van der Waals surface area contributed by atoms with Crippen LogP contribution in [0.2, 0.25) is 5.02 Å². The molecule has 0 N–H and O–H groups in total. The molecule has 8 heteroatoms. The number of piperidine rings is 1. The Kier molecular flexibility index (Phi) is 6.99. The Hall–Kier alpha value is -3.19. The molecule has 0 bridgehead atoms. The van der Waals surface area contributed by atoms with Crippen LogP contribution in [-0.4, -0.2) is 42.7 Å². The number of benzene rings is 2. The van der Waals surface area contributed by atoms with Gasteiger partial charge in [-0.2, -0.15) is 0 Å². The molecular formula is C27H31ClN2O5. The summed E-state index contributed by atoms with van der Waals surface area (Å²) < 4.78 is 17.8. The number of fused-ring (bicyclic) bond motifs is 1. The fourth-order valence-electron chi connectivity index (χ4n) is 4.49. The van der Waals surface area contributed by atoms with Gasteiger partial charge in [-0.05, 0) is 59.7 Å². The van der Waals surface area contributed by atoms with Crippen LogP contribution in [-0.2, 0) is 10.2 Å². The molecule has 0 atom stereocenters. The molecule has 1 amide bonds. The molecule has 1 aliphatic heterocycles. The molecule has 0 unspecified atom stereocenters. The van der Waals surface area contributed by atoms with E-state index in [0.29, 0.717) is 53.6 Å². The number of carbonyl (C=O) groups is 1. The second-order valence-corrected chi connectivity index (χ2v) is 10.1. The number of aromatic nitrogens is 1. The van der Waals surface area contributed by atoms with Gasteiger partial charge in [0.1, 0.15) is 0 Å². The minimum Gasteiger partial charge on any atom is -0.493 e. The lowest BCUT2D eigenvalue weighted by Gasteiger charge is -2.31. The van der Waals surface area contributed by atoms with Crippen molar-refractivity contribution in [3.05, 3.63) is 63.1 Å². The second-order valence-electron chi connectivity index (χ2n) is 9.76. The highest BCUT2D eigenvalue weighted by Gasteiger charge is 2.27. The van der Waals surface area contributed by atoms with Gasteiger partial charge in [0.2, 0.25) is 5.91 Å². The first kappa shape index (κ1) is 24.9. The first-order valence-corrected chi connectivity index (χ1v) is 12.0. The van der Waals surface area contributed by atoms with Crippen molar-refractivity contribution in [3.63, 3.8) is 0 Å². The summed E-state index contributed by atoms with van der Waals surface area (Å²) in [5.41, 5.74) is 3.18. The van der Waals surface area contributed by atoms with Crippen molar-refractivity contribution >= 4 is 34.7 Å².